The smallest absolute Gasteiger partial charge is 0.462 e. The van der Waals surface area contributed by atoms with E-state index in [9.17, 15) is 92.2 Å². The fourth-order valence-corrected chi connectivity index (χ4v) is 15.3. The lowest BCUT2D eigenvalue weighted by Crippen LogP contribution is -2.73. The number of fused-ring (bicyclic) bond motifs is 3. The lowest BCUT2D eigenvalue weighted by atomic mass is 9.68. The zero-order chi connectivity index (χ0) is 77.2. The Morgan fingerprint density at radius 2 is 0.771 bits per heavy atom. The lowest BCUT2D eigenvalue weighted by Gasteiger charge is -2.56. The second kappa shape index (κ2) is 43.9. The lowest BCUT2D eigenvalue weighted by molar-refractivity contribution is -0.378. The van der Waals surface area contributed by atoms with E-state index in [-0.39, 0.29) is 183 Å². The Labute approximate surface area is 607 Å². The summed E-state index contributed by atoms with van der Waals surface area (Å²) in [5.74, 6) is -6.98. The van der Waals surface area contributed by atoms with Crippen LogP contribution >= 0.6 is 31.3 Å². The van der Waals surface area contributed by atoms with Crippen LogP contribution in [0.1, 0.15) is 118 Å². The molecule has 3 amide bonds. The van der Waals surface area contributed by atoms with Crippen molar-refractivity contribution in [1.29, 1.82) is 0 Å². The Hall–Kier alpha value is -2.81. The summed E-state index contributed by atoms with van der Waals surface area (Å²) in [5.41, 5.74) is -1.22. The minimum Gasteiger partial charge on any atom is -0.462 e. The van der Waals surface area contributed by atoms with Crippen molar-refractivity contribution in [2.45, 2.75) is 210 Å². The van der Waals surface area contributed by atoms with Gasteiger partial charge in [0.15, 0.2) is 24.7 Å². The van der Waals surface area contributed by atoms with E-state index in [0.717, 1.165) is 0 Å². The molecule has 610 valence electrons. The van der Waals surface area contributed by atoms with Gasteiger partial charge in [-0.05, 0) is 64.2 Å². The maximum atomic E-state index is 12.9. The summed E-state index contributed by atoms with van der Waals surface area (Å²) in [5, 5.41) is 59.7. The van der Waals surface area contributed by atoms with Crippen LogP contribution in [-0.2, 0) is 131 Å². The second-order valence-corrected chi connectivity index (χ2v) is 32.0. The van der Waals surface area contributed by atoms with E-state index in [4.69, 9.17) is 84.0 Å². The Bertz CT molecular complexity index is 2890. The number of hydrogen-bond acceptors (Lipinski definition) is 33. The van der Waals surface area contributed by atoms with Crippen LogP contribution in [0.25, 0.3) is 0 Å². The summed E-state index contributed by atoms with van der Waals surface area (Å²) in [7, 11) is -18.6. The molecular weight excluding hydrogens is 1490 g/mol. The molecule has 0 spiro atoms. The number of carbonyl (C=O) groups is 5. The second-order valence-electron chi connectivity index (χ2n) is 26.4. The molecule has 0 radical (unpaired) electrons. The maximum absolute atomic E-state index is 12.9. The van der Waals surface area contributed by atoms with Crippen LogP contribution in [0.5, 0.6) is 0 Å². The molecule has 0 bridgehead atoms. The zero-order valence-corrected chi connectivity index (χ0v) is 63.0. The molecule has 0 aromatic carbocycles. The van der Waals surface area contributed by atoms with Gasteiger partial charge in [-0.25, -0.2) is 18.3 Å². The number of carbonyl (C=O) groups excluding carboxylic acids is 5. The summed E-state index contributed by atoms with van der Waals surface area (Å²) in [6, 6.07) is -3.01. The first-order valence-electron chi connectivity index (χ1n) is 34.8. The molecule has 6 fully saturated rings. The van der Waals surface area contributed by atoms with Gasteiger partial charge < -0.3 is 123 Å². The summed E-state index contributed by atoms with van der Waals surface area (Å²) in [6.45, 7) is 3.04. The monoisotopic (exact) mass is 1600 g/mol. The summed E-state index contributed by atoms with van der Waals surface area (Å²) >= 11 is 0. The first-order valence-corrected chi connectivity index (χ1v) is 40.8. The van der Waals surface area contributed by atoms with Gasteiger partial charge in [-0.1, -0.05) is 0 Å². The van der Waals surface area contributed by atoms with E-state index in [0.29, 0.717) is 19.3 Å². The van der Waals surface area contributed by atoms with Gasteiger partial charge in [-0.15, -0.1) is 0 Å². The van der Waals surface area contributed by atoms with Gasteiger partial charge in [0.1, 0.15) is 30.3 Å². The predicted octanol–water partition coefficient (Wildman–Crippen LogP) is -0.124. The van der Waals surface area contributed by atoms with Crippen molar-refractivity contribution in [1.82, 2.24) is 16.0 Å². The predicted molar refractivity (Wildman–Crippen MR) is 352 cm³/mol. The third-order valence-electron chi connectivity index (χ3n) is 17.5. The number of phosphoric ester groups is 4. The molecular formula is C60H107N3O38P4. The summed E-state index contributed by atoms with van der Waals surface area (Å²) in [4.78, 5) is 109. The Balaban J connectivity index is 0.955. The van der Waals surface area contributed by atoms with Crippen LogP contribution in [0.3, 0.4) is 0 Å². The van der Waals surface area contributed by atoms with Gasteiger partial charge in [-0.3, -0.25) is 55.6 Å². The first kappa shape index (κ1) is 91.1. The Morgan fingerprint density at radius 3 is 1.14 bits per heavy atom. The fraction of sp³-hybridized carbons (Fsp3) is 0.917. The fourth-order valence-electron chi connectivity index (χ4n) is 12.5. The van der Waals surface area contributed by atoms with Crippen LogP contribution in [0, 0.1) is 23.2 Å². The average Bonchev–Trinajstić information content (AvgIpc) is 0.748. The third kappa shape index (κ3) is 31.4. The first-order chi connectivity index (χ1) is 49.5. The Kier molecular flexibility index (Phi) is 38.0. The minimum atomic E-state index is -4.81. The van der Waals surface area contributed by atoms with Crippen molar-refractivity contribution in [3.63, 3.8) is 0 Å². The highest BCUT2D eigenvalue weighted by molar-refractivity contribution is 7.48. The van der Waals surface area contributed by atoms with Crippen molar-refractivity contribution in [3.05, 3.63) is 0 Å². The number of esters is 2. The van der Waals surface area contributed by atoms with E-state index in [1.807, 2.05) is 0 Å². The normalized spacial score (nSPS) is 30.5. The SMILES string of the molecule is CC(=O)NC1C(O)[C@H]2C(O)CC2O[C@H]1OCCCCOP(=O)(O)OCCCOCC(COCCCOP(=O)(O)O)(COCCCOP(=O)(O)OCCCCO[C@@H]1OC2CC(OC(C)=O)[C@@H]2C(OC(C)=O)C1NC(C)=O)COCCCOP(=O)(O)OCCCCO[C@@H]1OC2CC(O)(O)[C@@H]2C(O)C1NC(C)=O. The third-order valence-corrected chi connectivity index (χ3v) is 21.1. The molecule has 6 aliphatic rings. The highest BCUT2D eigenvalue weighted by Crippen LogP contribution is 2.49. The molecule has 105 heavy (non-hydrogen) atoms. The Morgan fingerprint density at radius 1 is 0.429 bits per heavy atom. The van der Waals surface area contributed by atoms with Crippen LogP contribution in [-0.4, -0.2) is 290 Å². The molecule has 45 heteroatoms. The number of unbranched alkanes of at least 4 members (excludes halogenated alkanes) is 3. The molecule has 3 heterocycles. The number of aliphatic hydroxyl groups is 5. The number of rotatable bonds is 54. The number of nitrogens with one attached hydrogen (secondary N) is 3. The minimum absolute atomic E-state index is 0.000550. The van der Waals surface area contributed by atoms with Crippen molar-refractivity contribution < 1.29 is 181 Å². The molecule has 0 aromatic heterocycles. The zero-order valence-electron chi connectivity index (χ0n) is 59.4. The number of phosphoric acid groups is 4. The molecule has 21 atom stereocenters. The highest BCUT2D eigenvalue weighted by atomic mass is 31.2. The van der Waals surface area contributed by atoms with Crippen LogP contribution in [0.4, 0.5) is 0 Å². The maximum Gasteiger partial charge on any atom is 0.472 e. The number of hydrogen-bond donors (Lipinski definition) is 13. The topological polar surface area (TPSA) is 567 Å². The summed E-state index contributed by atoms with van der Waals surface area (Å²) in [6.07, 6.45) is -7.71. The van der Waals surface area contributed by atoms with Gasteiger partial charge in [0.05, 0.1) is 127 Å². The van der Waals surface area contributed by atoms with Crippen molar-refractivity contribution >= 4 is 61.0 Å². The quantitative estimate of drug-likeness (QED) is 0.0163. The molecule has 3 saturated carbocycles. The number of amides is 3. The molecule has 13 N–H and O–H groups in total. The number of aliphatic hydroxyl groups excluding tert-OH is 3. The van der Waals surface area contributed by atoms with Crippen molar-refractivity contribution in [2.24, 2.45) is 23.2 Å². The standard InChI is InChI=1S/C60H107N3O38P4/c1-37(64)61-50-53(70)47-42(69)30-43(47)99-56(50)87-20-6-9-23-91-103(77,78)94-27-13-17-84-34-59(33-83-16-12-26-90-102(74,75)76,35-85-18-14-28-95-104(79,80)92-24-10-7-21-88-57-51(62-38(2)65)54(71)49-46(101-57)32-60(49,72)73)36-86-19-15-29-96-105(81,82)93-25-11-8-22-89-58-52(63-39(3)66)55(98-41(5)68)48-44(97-40(4)67)31-45(48)100-58/h42-58,69-73H,6-36H2,1-5H3,(H,61,64)(H,62,65)(H,63,66)(H,77,78)(H,79,80)(H,81,82)(H2,74,75,76)/t42?,43?,44?,45?,46?,47-,48-,49-,50?,51?,52?,53?,54?,55?,56+,57+,58+,59?/m0/s1. The molecule has 3 aliphatic carbocycles. The highest BCUT2D eigenvalue weighted by Gasteiger charge is 2.63. The van der Waals surface area contributed by atoms with Crippen LogP contribution < -0.4 is 16.0 Å². The van der Waals surface area contributed by atoms with Gasteiger partial charge in [-0.2, -0.15) is 0 Å². The molecule has 0 aromatic rings. The van der Waals surface area contributed by atoms with Crippen LogP contribution in [0.2, 0.25) is 0 Å². The average molecular weight is 1600 g/mol. The van der Waals surface area contributed by atoms with Gasteiger partial charge in [0.25, 0.3) is 0 Å². The van der Waals surface area contributed by atoms with Gasteiger partial charge in [0.2, 0.25) is 17.7 Å². The largest absolute Gasteiger partial charge is 0.472 e. The van der Waals surface area contributed by atoms with Crippen molar-refractivity contribution in [3.8, 4) is 0 Å². The molecule has 3 aliphatic heterocycles. The molecule has 41 nitrogen and oxygen atoms in total. The number of ether oxygens (including phenoxy) is 12. The molecule has 6 rings (SSSR count). The van der Waals surface area contributed by atoms with E-state index in [2.05, 4.69) is 20.5 Å². The van der Waals surface area contributed by atoms with E-state index in [1.54, 1.807) is 0 Å². The van der Waals surface area contributed by atoms with E-state index >= 15 is 0 Å². The molecule has 3 saturated heterocycles. The van der Waals surface area contributed by atoms with E-state index < -0.39 is 176 Å². The van der Waals surface area contributed by atoms with Crippen molar-refractivity contribution in [2.75, 3.05) is 119 Å². The van der Waals surface area contributed by atoms with Gasteiger partial charge >= 0.3 is 43.2 Å². The van der Waals surface area contributed by atoms with E-state index in [1.165, 1.54) is 34.6 Å². The molecule has 15 unspecified atom stereocenters. The van der Waals surface area contributed by atoms with Gasteiger partial charge in [0, 0.05) is 106 Å². The van der Waals surface area contributed by atoms with Crippen LogP contribution in [0.15, 0.2) is 0 Å². The summed E-state index contributed by atoms with van der Waals surface area (Å²) < 4.78 is 155.